The molecule has 1 aromatic rings. The number of hydrogen-bond acceptors (Lipinski definition) is 1. The van der Waals surface area contributed by atoms with E-state index in [1.54, 1.807) is 6.07 Å². The minimum Gasteiger partial charge on any atom is -0.316 e. The molecule has 0 saturated heterocycles. The van der Waals surface area contributed by atoms with E-state index >= 15 is 0 Å². The van der Waals surface area contributed by atoms with Crippen LogP contribution in [0.25, 0.3) is 0 Å². The Morgan fingerprint density at radius 2 is 1.47 bits per heavy atom. The van der Waals surface area contributed by atoms with E-state index in [0.717, 1.165) is 0 Å². The third-order valence-corrected chi connectivity index (χ3v) is 2.51. The van der Waals surface area contributed by atoms with Gasteiger partial charge in [-0.15, -0.1) is 12.4 Å². The summed E-state index contributed by atoms with van der Waals surface area (Å²) in [4.78, 5) is 0. The second-order valence-electron chi connectivity index (χ2n) is 2.72. The van der Waals surface area contributed by atoms with Crippen molar-refractivity contribution in [2.45, 2.75) is 12.2 Å². The molecule has 0 heterocycles. The summed E-state index contributed by atoms with van der Waals surface area (Å²) in [6, 6.07) is 2.40. The van der Waals surface area contributed by atoms with Gasteiger partial charge in [-0.25, -0.2) is 0 Å². The second-order valence-corrected chi connectivity index (χ2v) is 4.55. The molecule has 1 nitrogen and oxygen atoms in total. The molecular formula is C8H7Br2ClF3N. The van der Waals surface area contributed by atoms with Crippen molar-refractivity contribution in [3.8, 4) is 0 Å². The van der Waals surface area contributed by atoms with E-state index in [-0.39, 0.29) is 18.0 Å². The SMILES string of the molecule is Cl.N[C@H](c1cc(Br)cc(Br)c1)C(F)(F)F. The second kappa shape index (κ2) is 5.52. The van der Waals surface area contributed by atoms with Crippen LogP contribution < -0.4 is 5.73 Å². The van der Waals surface area contributed by atoms with Gasteiger partial charge in [-0.1, -0.05) is 31.9 Å². The molecule has 86 valence electrons. The Morgan fingerprint density at radius 1 is 1.07 bits per heavy atom. The van der Waals surface area contributed by atoms with Gasteiger partial charge in [-0.3, -0.25) is 0 Å². The average Bonchev–Trinajstić information content (AvgIpc) is 1.99. The smallest absolute Gasteiger partial charge is 0.316 e. The maximum Gasteiger partial charge on any atom is 0.407 e. The highest BCUT2D eigenvalue weighted by Crippen LogP contribution is 2.33. The van der Waals surface area contributed by atoms with E-state index < -0.39 is 12.2 Å². The van der Waals surface area contributed by atoms with Crippen molar-refractivity contribution < 1.29 is 13.2 Å². The van der Waals surface area contributed by atoms with Gasteiger partial charge in [0, 0.05) is 8.95 Å². The van der Waals surface area contributed by atoms with Gasteiger partial charge in [0.15, 0.2) is 0 Å². The van der Waals surface area contributed by atoms with E-state index in [9.17, 15) is 13.2 Å². The fourth-order valence-corrected chi connectivity index (χ4v) is 2.27. The Labute approximate surface area is 108 Å². The summed E-state index contributed by atoms with van der Waals surface area (Å²) in [5, 5.41) is 0. The molecule has 0 aliphatic carbocycles. The highest BCUT2D eigenvalue weighted by molar-refractivity contribution is 9.11. The molecule has 2 N–H and O–H groups in total. The number of benzene rings is 1. The minimum absolute atomic E-state index is 0. The number of halogens is 6. The van der Waals surface area contributed by atoms with Gasteiger partial charge in [-0.2, -0.15) is 13.2 Å². The highest BCUT2D eigenvalue weighted by atomic mass is 79.9. The van der Waals surface area contributed by atoms with Gasteiger partial charge in [0.25, 0.3) is 0 Å². The van der Waals surface area contributed by atoms with Gasteiger partial charge in [0.1, 0.15) is 6.04 Å². The average molecular weight is 369 g/mol. The Morgan fingerprint density at radius 3 is 1.80 bits per heavy atom. The van der Waals surface area contributed by atoms with Crippen LogP contribution in [0.1, 0.15) is 11.6 Å². The first-order chi connectivity index (χ1) is 6.30. The summed E-state index contributed by atoms with van der Waals surface area (Å²) in [7, 11) is 0. The van der Waals surface area contributed by atoms with Crippen LogP contribution >= 0.6 is 44.3 Å². The Kier molecular flexibility index (Phi) is 5.60. The zero-order valence-corrected chi connectivity index (χ0v) is 11.2. The molecule has 1 aromatic carbocycles. The molecule has 0 aliphatic rings. The van der Waals surface area contributed by atoms with Crippen LogP contribution in [0.15, 0.2) is 27.1 Å². The van der Waals surface area contributed by atoms with Crippen LogP contribution in [0.4, 0.5) is 13.2 Å². The summed E-state index contributed by atoms with van der Waals surface area (Å²) in [5.74, 6) is 0. The molecule has 0 bridgehead atoms. The van der Waals surface area contributed by atoms with E-state index in [1.165, 1.54) is 12.1 Å². The Balaban J connectivity index is 0.00000196. The minimum atomic E-state index is -4.42. The van der Waals surface area contributed by atoms with Crippen LogP contribution in [0.5, 0.6) is 0 Å². The third kappa shape index (κ3) is 4.30. The van der Waals surface area contributed by atoms with E-state index in [2.05, 4.69) is 31.9 Å². The van der Waals surface area contributed by atoms with Gasteiger partial charge < -0.3 is 5.73 Å². The van der Waals surface area contributed by atoms with Gasteiger partial charge in [0.2, 0.25) is 0 Å². The van der Waals surface area contributed by atoms with Crippen molar-refractivity contribution in [1.82, 2.24) is 0 Å². The number of alkyl halides is 3. The molecule has 0 amide bonds. The lowest BCUT2D eigenvalue weighted by Gasteiger charge is -2.16. The van der Waals surface area contributed by atoms with E-state index in [1.807, 2.05) is 0 Å². The summed E-state index contributed by atoms with van der Waals surface area (Å²) >= 11 is 6.19. The standard InChI is InChI=1S/C8H6Br2F3N.ClH/c9-5-1-4(2-6(10)3-5)7(14)8(11,12)13;/h1-3,7H,14H2;1H/t7-;/m1./s1. The van der Waals surface area contributed by atoms with Crippen molar-refractivity contribution >= 4 is 44.3 Å². The normalized spacial score (nSPS) is 13.2. The van der Waals surface area contributed by atoms with Gasteiger partial charge in [-0.05, 0) is 23.8 Å². The van der Waals surface area contributed by atoms with Crippen molar-refractivity contribution in [1.29, 1.82) is 0 Å². The summed E-state index contributed by atoms with van der Waals surface area (Å²) in [6.07, 6.45) is -4.42. The van der Waals surface area contributed by atoms with Crippen molar-refractivity contribution in [3.63, 3.8) is 0 Å². The fraction of sp³-hybridized carbons (Fsp3) is 0.250. The lowest BCUT2D eigenvalue weighted by Crippen LogP contribution is -2.28. The molecule has 0 unspecified atom stereocenters. The molecule has 0 saturated carbocycles. The largest absolute Gasteiger partial charge is 0.407 e. The van der Waals surface area contributed by atoms with E-state index in [0.29, 0.717) is 8.95 Å². The summed E-state index contributed by atoms with van der Waals surface area (Å²) in [5.41, 5.74) is 5.07. The van der Waals surface area contributed by atoms with Crippen molar-refractivity contribution in [2.24, 2.45) is 5.73 Å². The molecule has 15 heavy (non-hydrogen) atoms. The number of nitrogens with two attached hydrogens (primary N) is 1. The molecule has 1 atom stereocenters. The highest BCUT2D eigenvalue weighted by Gasteiger charge is 2.37. The van der Waals surface area contributed by atoms with Crippen LogP contribution in [-0.2, 0) is 0 Å². The van der Waals surface area contributed by atoms with Crippen LogP contribution in [0.3, 0.4) is 0 Å². The van der Waals surface area contributed by atoms with Gasteiger partial charge >= 0.3 is 6.18 Å². The first kappa shape index (κ1) is 15.2. The maximum atomic E-state index is 12.2. The molecular weight excluding hydrogens is 362 g/mol. The molecule has 0 fully saturated rings. The van der Waals surface area contributed by atoms with Crippen molar-refractivity contribution in [2.75, 3.05) is 0 Å². The quantitative estimate of drug-likeness (QED) is 0.789. The van der Waals surface area contributed by atoms with E-state index in [4.69, 9.17) is 5.73 Å². The number of hydrogen-bond donors (Lipinski definition) is 1. The molecule has 0 aliphatic heterocycles. The maximum absolute atomic E-state index is 12.2. The molecule has 7 heteroatoms. The van der Waals surface area contributed by atoms with Crippen molar-refractivity contribution in [3.05, 3.63) is 32.7 Å². The van der Waals surface area contributed by atoms with Gasteiger partial charge in [0.05, 0.1) is 0 Å². The molecule has 0 spiro atoms. The molecule has 0 radical (unpaired) electrons. The fourth-order valence-electron chi connectivity index (χ4n) is 0.944. The lowest BCUT2D eigenvalue weighted by atomic mass is 10.1. The van der Waals surface area contributed by atoms with Crippen LogP contribution in [0, 0.1) is 0 Å². The third-order valence-electron chi connectivity index (χ3n) is 1.60. The lowest BCUT2D eigenvalue weighted by molar-refractivity contribution is -0.149. The number of rotatable bonds is 1. The summed E-state index contributed by atoms with van der Waals surface area (Å²) < 4.78 is 37.8. The first-order valence-electron chi connectivity index (χ1n) is 3.59. The summed E-state index contributed by atoms with van der Waals surface area (Å²) in [6.45, 7) is 0. The first-order valence-corrected chi connectivity index (χ1v) is 5.17. The Hall–Kier alpha value is 0.220. The molecule has 0 aromatic heterocycles. The zero-order valence-electron chi connectivity index (χ0n) is 7.18. The monoisotopic (exact) mass is 367 g/mol. The van der Waals surface area contributed by atoms with Crippen LogP contribution in [0.2, 0.25) is 0 Å². The topological polar surface area (TPSA) is 26.0 Å². The molecule has 1 rings (SSSR count). The predicted molar refractivity (Wildman–Crippen MR) is 62.1 cm³/mol. The zero-order chi connectivity index (χ0) is 10.9. The Bertz CT molecular complexity index is 323. The predicted octanol–water partition coefficient (Wildman–Crippen LogP) is 4.20. The van der Waals surface area contributed by atoms with Crippen LogP contribution in [-0.4, -0.2) is 6.18 Å².